The van der Waals surface area contributed by atoms with Crippen molar-refractivity contribution < 1.29 is 0 Å². The molecule has 164 valence electrons. The topological polar surface area (TPSA) is 78.8 Å². The van der Waals surface area contributed by atoms with Crippen molar-refractivity contribution in [3.05, 3.63) is 36.8 Å². The second-order valence-electron chi connectivity index (χ2n) is 8.46. The average molecular weight is 465 g/mol. The molecule has 1 saturated heterocycles. The van der Waals surface area contributed by atoms with Gasteiger partial charge in [0.15, 0.2) is 14.8 Å². The van der Waals surface area contributed by atoms with Crippen LogP contribution in [0.5, 0.6) is 0 Å². The van der Waals surface area contributed by atoms with Gasteiger partial charge < -0.3 is 14.8 Å². The average Bonchev–Trinajstić information content (AvgIpc) is 3.57. The zero-order valence-electron chi connectivity index (χ0n) is 18.2. The minimum atomic E-state index is 0.530. The Morgan fingerprint density at radius 1 is 1.09 bits per heavy atom. The number of aromatic nitrogens is 6. The van der Waals surface area contributed by atoms with Gasteiger partial charge in [0.05, 0.1) is 23.6 Å². The summed E-state index contributed by atoms with van der Waals surface area (Å²) >= 11 is 3.34. The molecule has 2 unspecified atom stereocenters. The first-order valence-corrected chi connectivity index (χ1v) is 12.4. The van der Waals surface area contributed by atoms with E-state index in [9.17, 15) is 0 Å². The van der Waals surface area contributed by atoms with Crippen LogP contribution >= 0.6 is 22.7 Å². The van der Waals surface area contributed by atoms with Gasteiger partial charge in [-0.05, 0) is 45.0 Å². The van der Waals surface area contributed by atoms with E-state index in [1.807, 2.05) is 6.20 Å². The molecule has 1 N–H and O–H groups in total. The van der Waals surface area contributed by atoms with Crippen molar-refractivity contribution in [2.24, 2.45) is 0 Å². The van der Waals surface area contributed by atoms with Crippen LogP contribution < -0.4 is 4.90 Å². The van der Waals surface area contributed by atoms with Gasteiger partial charge in [-0.2, -0.15) is 15.0 Å². The number of nitrogens with zero attached hydrogens (tertiary/aromatic N) is 7. The lowest BCUT2D eigenvalue weighted by molar-refractivity contribution is 0.181. The van der Waals surface area contributed by atoms with Gasteiger partial charge in [0.25, 0.3) is 0 Å². The molecule has 0 aliphatic carbocycles. The molecule has 10 heteroatoms. The summed E-state index contributed by atoms with van der Waals surface area (Å²) in [7, 11) is 4.39. The maximum absolute atomic E-state index is 4.96. The number of likely N-dealkylation sites (tertiary alicyclic amines) is 1. The molecule has 6 rings (SSSR count). The first-order valence-electron chi connectivity index (χ1n) is 10.8. The van der Waals surface area contributed by atoms with Gasteiger partial charge in [-0.3, -0.25) is 0 Å². The summed E-state index contributed by atoms with van der Waals surface area (Å²) in [5, 5.41) is 11.7. The Hall–Kier alpha value is -2.82. The van der Waals surface area contributed by atoms with Gasteiger partial charge in [-0.25, -0.2) is 9.97 Å². The second kappa shape index (κ2) is 7.65. The van der Waals surface area contributed by atoms with E-state index in [0.717, 1.165) is 48.5 Å². The number of H-pyrrole nitrogens is 1. The molecule has 2 atom stereocenters. The molecule has 8 nitrogen and oxygen atoms in total. The summed E-state index contributed by atoms with van der Waals surface area (Å²) in [6.45, 7) is 3.44. The summed E-state index contributed by atoms with van der Waals surface area (Å²) in [5.41, 5.74) is 3.07. The quantitative estimate of drug-likeness (QED) is 0.425. The molecule has 0 amide bonds. The lowest BCUT2D eigenvalue weighted by Gasteiger charge is -2.39. The fraction of sp³-hybridized carbons (Fsp3) is 0.364. The minimum Gasteiger partial charge on any atom is -0.361 e. The molecule has 0 saturated carbocycles. The monoisotopic (exact) mass is 464 g/mol. The Bertz CT molecular complexity index is 1350. The Labute approximate surface area is 193 Å². The smallest absolute Gasteiger partial charge is 0.188 e. The summed E-state index contributed by atoms with van der Waals surface area (Å²) in [6.07, 6.45) is 7.67. The molecule has 1 aliphatic heterocycles. The molecule has 0 spiro atoms. The fourth-order valence-corrected chi connectivity index (χ4v) is 6.61. The summed E-state index contributed by atoms with van der Waals surface area (Å²) < 4.78 is 0. The highest BCUT2D eigenvalue weighted by atomic mass is 32.1. The van der Waals surface area contributed by atoms with Crippen molar-refractivity contribution in [2.75, 3.05) is 25.5 Å². The van der Waals surface area contributed by atoms with E-state index in [4.69, 9.17) is 9.97 Å². The molecular formula is C22H24N8S2. The van der Waals surface area contributed by atoms with Gasteiger partial charge in [0.2, 0.25) is 0 Å². The highest BCUT2D eigenvalue weighted by Crippen LogP contribution is 2.39. The minimum absolute atomic E-state index is 0.530. The van der Waals surface area contributed by atoms with Crippen LogP contribution in [0.1, 0.15) is 19.8 Å². The number of benzene rings is 1. The van der Waals surface area contributed by atoms with Crippen molar-refractivity contribution in [1.82, 2.24) is 34.8 Å². The van der Waals surface area contributed by atoms with Crippen molar-refractivity contribution >= 4 is 48.4 Å². The Kier molecular flexibility index (Phi) is 4.74. The first kappa shape index (κ1) is 19.8. The van der Waals surface area contributed by atoms with E-state index >= 15 is 0 Å². The Morgan fingerprint density at radius 3 is 2.69 bits per heavy atom. The maximum Gasteiger partial charge on any atom is 0.188 e. The molecule has 1 fully saturated rings. The largest absolute Gasteiger partial charge is 0.361 e. The highest BCUT2D eigenvalue weighted by molar-refractivity contribution is 7.29. The normalized spacial score (nSPS) is 19.8. The van der Waals surface area contributed by atoms with Crippen LogP contribution in [0.15, 0.2) is 36.8 Å². The molecule has 0 radical (unpaired) electrons. The van der Waals surface area contributed by atoms with E-state index in [0.29, 0.717) is 12.1 Å². The second-order valence-corrected chi connectivity index (χ2v) is 10.4. The molecule has 1 aliphatic rings. The van der Waals surface area contributed by atoms with Crippen LogP contribution in [-0.4, -0.2) is 67.6 Å². The SMILES string of the molecule is CC1CC(N(C)c2nc3sc(-c4ccc(-n5nccn5)c5cc[nH]c45)nc3s2)CCN1C. The van der Waals surface area contributed by atoms with Crippen LogP contribution in [-0.2, 0) is 0 Å². The fourth-order valence-electron chi connectivity index (χ4n) is 4.50. The third-order valence-electron chi connectivity index (χ3n) is 6.56. The molecule has 5 aromatic rings. The molecule has 0 bridgehead atoms. The maximum atomic E-state index is 4.96. The molecule has 4 aromatic heterocycles. The summed E-state index contributed by atoms with van der Waals surface area (Å²) in [6, 6.07) is 7.33. The number of aromatic amines is 1. The molecular weight excluding hydrogens is 440 g/mol. The lowest BCUT2D eigenvalue weighted by Crippen LogP contribution is -2.46. The summed E-state index contributed by atoms with van der Waals surface area (Å²) in [5.74, 6) is 0. The van der Waals surface area contributed by atoms with Crippen LogP contribution in [0.3, 0.4) is 0 Å². The third-order valence-corrected chi connectivity index (χ3v) is 8.71. The molecule has 1 aromatic carbocycles. The standard InChI is InChI=1S/C22H24N8S2/c1-13-12-14(7-11-28(13)2)29(3)22-27-21-20(32-22)26-19(31-21)16-4-5-17(30-24-9-10-25-30)15-6-8-23-18(15)16/h4-6,8-10,13-14,23H,7,11-12H2,1-3H3. The zero-order valence-corrected chi connectivity index (χ0v) is 19.8. The predicted octanol–water partition coefficient (Wildman–Crippen LogP) is 4.40. The van der Waals surface area contributed by atoms with E-state index in [1.165, 1.54) is 12.8 Å². The highest BCUT2D eigenvalue weighted by Gasteiger charge is 2.27. The summed E-state index contributed by atoms with van der Waals surface area (Å²) in [4.78, 5) is 21.7. The van der Waals surface area contributed by atoms with E-state index in [-0.39, 0.29) is 0 Å². The predicted molar refractivity (Wildman–Crippen MR) is 131 cm³/mol. The van der Waals surface area contributed by atoms with Crippen molar-refractivity contribution in [3.8, 4) is 16.3 Å². The number of hydrogen-bond acceptors (Lipinski definition) is 8. The van der Waals surface area contributed by atoms with E-state index in [2.05, 4.69) is 64.2 Å². The number of nitrogens with one attached hydrogen (secondary N) is 1. The lowest BCUT2D eigenvalue weighted by atomic mass is 9.98. The van der Waals surface area contributed by atoms with Gasteiger partial charge >= 0.3 is 0 Å². The van der Waals surface area contributed by atoms with Crippen LogP contribution in [0.25, 0.3) is 36.8 Å². The van der Waals surface area contributed by atoms with Gasteiger partial charge in [-0.15, -0.1) is 0 Å². The van der Waals surface area contributed by atoms with Crippen molar-refractivity contribution in [3.63, 3.8) is 0 Å². The zero-order chi connectivity index (χ0) is 21.8. The van der Waals surface area contributed by atoms with Crippen LogP contribution in [0.4, 0.5) is 5.13 Å². The number of thiazole rings is 2. The Morgan fingerprint density at radius 2 is 1.91 bits per heavy atom. The molecule has 5 heterocycles. The molecule has 32 heavy (non-hydrogen) atoms. The van der Waals surface area contributed by atoms with Gasteiger partial charge in [0, 0.05) is 42.8 Å². The first-order chi connectivity index (χ1) is 15.6. The number of anilines is 1. The number of piperidine rings is 1. The van der Waals surface area contributed by atoms with Gasteiger partial charge in [-0.1, -0.05) is 22.7 Å². The number of rotatable bonds is 4. The van der Waals surface area contributed by atoms with Crippen LogP contribution in [0, 0.1) is 0 Å². The number of hydrogen-bond donors (Lipinski definition) is 1. The van der Waals surface area contributed by atoms with E-state index < -0.39 is 0 Å². The van der Waals surface area contributed by atoms with Gasteiger partial charge in [0.1, 0.15) is 5.01 Å². The van der Waals surface area contributed by atoms with Crippen molar-refractivity contribution in [2.45, 2.75) is 31.8 Å². The number of fused-ring (bicyclic) bond motifs is 2. The van der Waals surface area contributed by atoms with Crippen LogP contribution in [0.2, 0.25) is 0 Å². The van der Waals surface area contributed by atoms with Crippen molar-refractivity contribution in [1.29, 1.82) is 0 Å². The third kappa shape index (κ3) is 3.21. The Balaban J connectivity index is 1.32. The van der Waals surface area contributed by atoms with E-state index in [1.54, 1.807) is 39.9 Å².